The van der Waals surface area contributed by atoms with Crippen LogP contribution in [0.2, 0.25) is 0 Å². The van der Waals surface area contributed by atoms with E-state index in [0.29, 0.717) is 0 Å². The second-order valence-electron chi connectivity index (χ2n) is 3.79. The van der Waals surface area contributed by atoms with Crippen LogP contribution in [-0.4, -0.2) is 36.5 Å². The van der Waals surface area contributed by atoms with Crippen LogP contribution in [0.3, 0.4) is 0 Å². The van der Waals surface area contributed by atoms with E-state index in [0.717, 1.165) is 6.07 Å². The van der Waals surface area contributed by atoms with E-state index in [1.807, 2.05) is 0 Å². The fraction of sp³-hybridized carbons (Fsp3) is 0.286. The molecule has 5 heteroatoms. The molecule has 1 aromatic carbocycles. The Morgan fingerprint density at radius 2 is 2.21 bits per heavy atom. The number of carbonyl (C=O) groups is 2. The summed E-state index contributed by atoms with van der Waals surface area (Å²) in [5, 5.41) is 0. The molecule has 0 atom stereocenters. The van der Waals surface area contributed by atoms with Crippen molar-refractivity contribution in [1.82, 2.24) is 4.90 Å². The highest BCUT2D eigenvalue weighted by Gasteiger charge is 2.18. The lowest BCUT2D eigenvalue weighted by Gasteiger charge is -2.20. The number of halogens is 1. The molecule has 0 fully saturated rings. The van der Waals surface area contributed by atoms with E-state index in [1.165, 1.54) is 29.2 Å². The van der Waals surface area contributed by atoms with Crippen molar-refractivity contribution in [2.45, 2.75) is 6.92 Å². The molecule has 0 aromatic heterocycles. The number of benzene rings is 1. The molecule has 0 aliphatic heterocycles. The van der Waals surface area contributed by atoms with E-state index < -0.39 is 17.7 Å². The fourth-order valence-electron chi connectivity index (χ4n) is 1.54. The van der Waals surface area contributed by atoms with Crippen LogP contribution in [0, 0.1) is 5.82 Å². The van der Waals surface area contributed by atoms with Crippen LogP contribution >= 0.6 is 0 Å². The number of ether oxygens (including phenoxy) is 1. The number of hydrogen-bond acceptors (Lipinski definition) is 3. The third-order valence-corrected chi connectivity index (χ3v) is 2.33. The molecule has 102 valence electrons. The second kappa shape index (κ2) is 7.31. The van der Waals surface area contributed by atoms with Gasteiger partial charge < -0.3 is 9.64 Å². The summed E-state index contributed by atoms with van der Waals surface area (Å²) >= 11 is 0. The number of hydrogen-bond donors (Lipinski definition) is 0. The molecule has 1 amide bonds. The Balaban J connectivity index is 2.83. The minimum absolute atomic E-state index is 0.185. The summed E-state index contributed by atoms with van der Waals surface area (Å²) < 4.78 is 17.9. The first-order valence-corrected chi connectivity index (χ1v) is 5.89. The quantitative estimate of drug-likeness (QED) is 0.584. The van der Waals surface area contributed by atoms with Crippen molar-refractivity contribution in [2.24, 2.45) is 0 Å². The average molecular weight is 265 g/mol. The Bertz CT molecular complexity index is 474. The summed E-state index contributed by atoms with van der Waals surface area (Å²) in [5.41, 5.74) is 0.186. The summed E-state index contributed by atoms with van der Waals surface area (Å²) in [4.78, 5) is 24.8. The Labute approximate surface area is 111 Å². The minimum atomic E-state index is -0.505. The summed E-state index contributed by atoms with van der Waals surface area (Å²) in [5.74, 6) is -1.44. The second-order valence-corrected chi connectivity index (χ2v) is 3.79. The maximum Gasteiger partial charge on any atom is 0.325 e. The van der Waals surface area contributed by atoms with Gasteiger partial charge in [0, 0.05) is 12.1 Å². The van der Waals surface area contributed by atoms with Crippen LogP contribution in [0.1, 0.15) is 17.3 Å². The van der Waals surface area contributed by atoms with E-state index in [9.17, 15) is 14.0 Å². The molecular weight excluding hydrogens is 249 g/mol. The molecule has 0 saturated carbocycles. The Kier molecular flexibility index (Phi) is 5.73. The smallest absolute Gasteiger partial charge is 0.325 e. The summed E-state index contributed by atoms with van der Waals surface area (Å²) in [6.45, 7) is 5.46. The summed E-state index contributed by atoms with van der Waals surface area (Å²) in [6, 6.07) is 5.31. The van der Waals surface area contributed by atoms with Crippen LogP contribution in [0.25, 0.3) is 0 Å². The van der Waals surface area contributed by atoms with Gasteiger partial charge in [-0.05, 0) is 25.1 Å². The van der Waals surface area contributed by atoms with Crippen molar-refractivity contribution in [1.29, 1.82) is 0 Å². The lowest BCUT2D eigenvalue weighted by Crippen LogP contribution is -2.36. The van der Waals surface area contributed by atoms with Crippen molar-refractivity contribution >= 4 is 11.9 Å². The minimum Gasteiger partial charge on any atom is -0.465 e. The van der Waals surface area contributed by atoms with Gasteiger partial charge >= 0.3 is 5.97 Å². The molecule has 0 saturated heterocycles. The van der Waals surface area contributed by atoms with Crippen molar-refractivity contribution in [3.05, 3.63) is 48.3 Å². The van der Waals surface area contributed by atoms with E-state index in [2.05, 4.69) is 6.58 Å². The molecule has 0 N–H and O–H groups in total. The molecule has 4 nitrogen and oxygen atoms in total. The van der Waals surface area contributed by atoms with Gasteiger partial charge in [0.2, 0.25) is 0 Å². The van der Waals surface area contributed by atoms with Gasteiger partial charge in [-0.1, -0.05) is 12.1 Å². The lowest BCUT2D eigenvalue weighted by molar-refractivity contribution is -0.143. The first-order chi connectivity index (χ1) is 9.08. The first kappa shape index (κ1) is 14.9. The molecule has 1 rings (SSSR count). The predicted octanol–water partition coefficient (Wildman–Crippen LogP) is 2.02. The van der Waals surface area contributed by atoms with Crippen LogP contribution in [0.5, 0.6) is 0 Å². The van der Waals surface area contributed by atoms with E-state index >= 15 is 0 Å². The van der Waals surface area contributed by atoms with Crippen molar-refractivity contribution in [3.63, 3.8) is 0 Å². The number of rotatable bonds is 6. The molecule has 1 aromatic rings. The Hall–Kier alpha value is -2.17. The van der Waals surface area contributed by atoms with Gasteiger partial charge in [-0.15, -0.1) is 6.58 Å². The van der Waals surface area contributed by atoms with Gasteiger partial charge in [0.15, 0.2) is 0 Å². The normalized spacial score (nSPS) is 9.79. The van der Waals surface area contributed by atoms with E-state index in [4.69, 9.17) is 4.74 Å². The number of carbonyl (C=O) groups excluding carboxylic acids is 2. The maximum absolute atomic E-state index is 13.1. The highest BCUT2D eigenvalue weighted by Crippen LogP contribution is 2.08. The molecule has 0 aliphatic rings. The van der Waals surface area contributed by atoms with Gasteiger partial charge in [-0.2, -0.15) is 0 Å². The van der Waals surface area contributed by atoms with Crippen molar-refractivity contribution < 1.29 is 18.7 Å². The first-order valence-electron chi connectivity index (χ1n) is 5.89. The molecule has 0 radical (unpaired) electrons. The van der Waals surface area contributed by atoms with Gasteiger partial charge in [0.25, 0.3) is 5.91 Å². The van der Waals surface area contributed by atoms with Gasteiger partial charge in [0.1, 0.15) is 12.4 Å². The number of esters is 1. The molecule has 0 heterocycles. The number of amides is 1. The molecule has 0 aliphatic carbocycles. The van der Waals surface area contributed by atoms with Crippen LogP contribution < -0.4 is 0 Å². The summed E-state index contributed by atoms with van der Waals surface area (Å²) in [7, 11) is 0. The maximum atomic E-state index is 13.1. The third kappa shape index (κ3) is 4.54. The molecule has 0 unspecified atom stereocenters. The molecule has 19 heavy (non-hydrogen) atoms. The Morgan fingerprint density at radius 1 is 1.47 bits per heavy atom. The van der Waals surface area contributed by atoms with Gasteiger partial charge in [-0.3, -0.25) is 9.59 Å². The highest BCUT2D eigenvalue weighted by atomic mass is 19.1. The SMILES string of the molecule is C=CCN(CC(=O)OCC)C(=O)c1cccc(F)c1. The molecule has 0 bridgehead atoms. The monoisotopic (exact) mass is 265 g/mol. The van der Waals surface area contributed by atoms with Crippen molar-refractivity contribution in [2.75, 3.05) is 19.7 Å². The third-order valence-electron chi connectivity index (χ3n) is 2.33. The topological polar surface area (TPSA) is 46.6 Å². The van der Waals surface area contributed by atoms with E-state index in [1.54, 1.807) is 6.92 Å². The van der Waals surface area contributed by atoms with Gasteiger partial charge in [0.05, 0.1) is 6.61 Å². The average Bonchev–Trinajstić information content (AvgIpc) is 2.37. The summed E-state index contributed by atoms with van der Waals surface area (Å²) in [6.07, 6.45) is 1.50. The predicted molar refractivity (Wildman–Crippen MR) is 69.1 cm³/mol. The lowest BCUT2D eigenvalue weighted by atomic mass is 10.2. The largest absolute Gasteiger partial charge is 0.465 e. The van der Waals surface area contributed by atoms with Crippen LogP contribution in [0.15, 0.2) is 36.9 Å². The van der Waals surface area contributed by atoms with Gasteiger partial charge in [-0.25, -0.2) is 4.39 Å². The standard InChI is InChI=1S/C14H16FNO3/c1-3-8-16(10-13(17)19-4-2)14(18)11-6-5-7-12(15)9-11/h3,5-7,9H,1,4,8,10H2,2H3. The van der Waals surface area contributed by atoms with Crippen LogP contribution in [0.4, 0.5) is 4.39 Å². The Morgan fingerprint density at radius 3 is 2.79 bits per heavy atom. The zero-order valence-electron chi connectivity index (χ0n) is 10.8. The van der Waals surface area contributed by atoms with E-state index in [-0.39, 0.29) is 25.3 Å². The van der Waals surface area contributed by atoms with Crippen molar-refractivity contribution in [3.8, 4) is 0 Å². The fourth-order valence-corrected chi connectivity index (χ4v) is 1.54. The molecule has 0 spiro atoms. The zero-order valence-corrected chi connectivity index (χ0v) is 10.8. The number of nitrogens with zero attached hydrogens (tertiary/aromatic N) is 1. The molecular formula is C14H16FNO3. The highest BCUT2D eigenvalue weighted by molar-refractivity contribution is 5.96. The zero-order chi connectivity index (χ0) is 14.3. The van der Waals surface area contributed by atoms with Crippen LogP contribution in [-0.2, 0) is 9.53 Å².